The van der Waals surface area contributed by atoms with Gasteiger partial charge < -0.3 is 16.3 Å². The Bertz CT molecular complexity index is 192. The van der Waals surface area contributed by atoms with Crippen molar-refractivity contribution in [3.8, 4) is 0 Å². The Kier molecular flexibility index (Phi) is 5.11. The first kappa shape index (κ1) is 11.7. The van der Waals surface area contributed by atoms with Crippen LogP contribution in [0.15, 0.2) is 5.16 Å². The minimum atomic E-state index is 0.288. The smallest absolute Gasteiger partial charge is 0.140 e. The van der Waals surface area contributed by atoms with Crippen molar-refractivity contribution in [1.29, 1.82) is 0 Å². The SMILES string of the molecule is CC(CC(N)=NO)NCC1CCSC1. The maximum absolute atomic E-state index is 8.40. The summed E-state index contributed by atoms with van der Waals surface area (Å²) < 4.78 is 0. The molecular weight excluding hydrogens is 198 g/mol. The molecule has 0 bridgehead atoms. The molecule has 0 spiro atoms. The minimum Gasteiger partial charge on any atom is -0.409 e. The molecule has 4 nitrogen and oxygen atoms in total. The lowest BCUT2D eigenvalue weighted by atomic mass is 10.1. The standard InChI is InChI=1S/C9H19N3OS/c1-7(4-9(10)12-13)11-5-8-2-3-14-6-8/h7-8,11,13H,2-6H2,1H3,(H2,10,12). The van der Waals surface area contributed by atoms with Crippen LogP contribution in [0.3, 0.4) is 0 Å². The second kappa shape index (κ2) is 6.14. The molecule has 1 rings (SSSR count). The summed E-state index contributed by atoms with van der Waals surface area (Å²) in [4.78, 5) is 0. The number of nitrogens with one attached hydrogen (secondary N) is 1. The molecule has 0 radical (unpaired) electrons. The van der Waals surface area contributed by atoms with Crippen molar-refractivity contribution in [2.75, 3.05) is 18.1 Å². The first-order valence-electron chi connectivity index (χ1n) is 5.00. The van der Waals surface area contributed by atoms with Gasteiger partial charge in [-0.15, -0.1) is 0 Å². The zero-order chi connectivity index (χ0) is 10.4. The first-order chi connectivity index (χ1) is 6.72. The molecule has 1 fully saturated rings. The summed E-state index contributed by atoms with van der Waals surface area (Å²) in [6.45, 7) is 3.10. The molecule has 0 aliphatic carbocycles. The van der Waals surface area contributed by atoms with Crippen molar-refractivity contribution in [3.63, 3.8) is 0 Å². The number of nitrogens with zero attached hydrogens (tertiary/aromatic N) is 1. The van der Waals surface area contributed by atoms with Crippen molar-refractivity contribution in [2.24, 2.45) is 16.8 Å². The van der Waals surface area contributed by atoms with E-state index >= 15 is 0 Å². The van der Waals surface area contributed by atoms with Crippen LogP contribution in [0, 0.1) is 5.92 Å². The summed E-state index contributed by atoms with van der Waals surface area (Å²) in [5, 5.41) is 14.8. The molecule has 0 saturated carbocycles. The lowest BCUT2D eigenvalue weighted by Gasteiger charge is -2.15. The normalized spacial score (nSPS) is 25.2. The molecule has 1 saturated heterocycles. The number of oxime groups is 1. The van der Waals surface area contributed by atoms with Gasteiger partial charge in [0.2, 0.25) is 0 Å². The van der Waals surface area contributed by atoms with Crippen molar-refractivity contribution in [2.45, 2.75) is 25.8 Å². The first-order valence-corrected chi connectivity index (χ1v) is 6.15. The molecular formula is C9H19N3OS. The molecule has 14 heavy (non-hydrogen) atoms. The monoisotopic (exact) mass is 217 g/mol. The summed E-state index contributed by atoms with van der Waals surface area (Å²) in [6, 6.07) is 0.288. The van der Waals surface area contributed by atoms with Crippen LogP contribution in [0.1, 0.15) is 19.8 Å². The van der Waals surface area contributed by atoms with Gasteiger partial charge in [0.1, 0.15) is 5.84 Å². The van der Waals surface area contributed by atoms with E-state index in [4.69, 9.17) is 10.9 Å². The van der Waals surface area contributed by atoms with Crippen LogP contribution in [0.25, 0.3) is 0 Å². The van der Waals surface area contributed by atoms with Crippen LogP contribution in [0.4, 0.5) is 0 Å². The fourth-order valence-electron chi connectivity index (χ4n) is 1.54. The van der Waals surface area contributed by atoms with Gasteiger partial charge in [0.15, 0.2) is 0 Å². The summed E-state index contributed by atoms with van der Waals surface area (Å²) >= 11 is 2.02. The van der Waals surface area contributed by atoms with E-state index in [9.17, 15) is 0 Å². The molecule has 0 aromatic heterocycles. The quantitative estimate of drug-likeness (QED) is 0.276. The second-order valence-electron chi connectivity index (χ2n) is 3.83. The number of hydrogen-bond donors (Lipinski definition) is 3. The highest BCUT2D eigenvalue weighted by Gasteiger charge is 2.16. The minimum absolute atomic E-state index is 0.288. The molecule has 5 heteroatoms. The largest absolute Gasteiger partial charge is 0.409 e. The lowest BCUT2D eigenvalue weighted by molar-refractivity contribution is 0.315. The predicted octanol–water partition coefficient (Wildman–Crippen LogP) is 0.854. The van der Waals surface area contributed by atoms with Gasteiger partial charge in [0, 0.05) is 12.5 Å². The molecule has 4 N–H and O–H groups in total. The van der Waals surface area contributed by atoms with E-state index in [1.165, 1.54) is 17.9 Å². The Hall–Kier alpha value is -0.420. The average molecular weight is 217 g/mol. The van der Waals surface area contributed by atoms with E-state index in [1.807, 2.05) is 11.8 Å². The predicted molar refractivity (Wildman–Crippen MR) is 60.9 cm³/mol. The van der Waals surface area contributed by atoms with Crippen molar-refractivity contribution >= 4 is 17.6 Å². The van der Waals surface area contributed by atoms with Crippen LogP contribution in [0.5, 0.6) is 0 Å². The Balaban J connectivity index is 2.10. The van der Waals surface area contributed by atoms with Crippen LogP contribution < -0.4 is 11.1 Å². The molecule has 82 valence electrons. The third kappa shape index (κ3) is 4.19. The number of amidine groups is 1. The molecule has 0 aromatic carbocycles. The summed E-state index contributed by atoms with van der Waals surface area (Å²) in [5.74, 6) is 3.66. The van der Waals surface area contributed by atoms with E-state index in [1.54, 1.807) is 0 Å². The van der Waals surface area contributed by atoms with Crippen molar-refractivity contribution in [1.82, 2.24) is 5.32 Å². The fraction of sp³-hybridized carbons (Fsp3) is 0.889. The van der Waals surface area contributed by atoms with E-state index in [0.29, 0.717) is 12.3 Å². The van der Waals surface area contributed by atoms with E-state index in [2.05, 4.69) is 17.4 Å². The third-order valence-corrected chi connectivity index (χ3v) is 3.65. The van der Waals surface area contributed by atoms with Crippen LogP contribution in [-0.2, 0) is 0 Å². The van der Waals surface area contributed by atoms with Crippen LogP contribution >= 0.6 is 11.8 Å². The summed E-state index contributed by atoms with van der Waals surface area (Å²) in [7, 11) is 0. The summed E-state index contributed by atoms with van der Waals surface area (Å²) in [6.07, 6.45) is 1.92. The molecule has 0 amide bonds. The van der Waals surface area contributed by atoms with Crippen molar-refractivity contribution in [3.05, 3.63) is 0 Å². The maximum Gasteiger partial charge on any atom is 0.140 e. The zero-order valence-corrected chi connectivity index (χ0v) is 9.39. The Morgan fingerprint density at radius 3 is 3.14 bits per heavy atom. The van der Waals surface area contributed by atoms with Gasteiger partial charge >= 0.3 is 0 Å². The number of rotatable bonds is 5. The van der Waals surface area contributed by atoms with E-state index < -0.39 is 0 Å². The highest BCUT2D eigenvalue weighted by atomic mass is 32.2. The Morgan fingerprint density at radius 2 is 2.57 bits per heavy atom. The van der Waals surface area contributed by atoms with Crippen LogP contribution in [0.2, 0.25) is 0 Å². The Morgan fingerprint density at radius 1 is 1.79 bits per heavy atom. The maximum atomic E-state index is 8.40. The van der Waals surface area contributed by atoms with Gasteiger partial charge in [-0.05, 0) is 37.3 Å². The molecule has 1 aliphatic heterocycles. The second-order valence-corrected chi connectivity index (χ2v) is 4.98. The van der Waals surface area contributed by atoms with E-state index in [-0.39, 0.29) is 6.04 Å². The molecule has 0 aromatic rings. The Labute approximate surface area is 89.3 Å². The zero-order valence-electron chi connectivity index (χ0n) is 8.57. The van der Waals surface area contributed by atoms with Gasteiger partial charge in [-0.1, -0.05) is 5.16 Å². The third-order valence-electron chi connectivity index (χ3n) is 2.42. The lowest BCUT2D eigenvalue weighted by Crippen LogP contribution is -2.34. The number of thioether (sulfide) groups is 1. The highest BCUT2D eigenvalue weighted by molar-refractivity contribution is 7.99. The van der Waals surface area contributed by atoms with E-state index in [0.717, 1.165) is 12.5 Å². The van der Waals surface area contributed by atoms with Gasteiger partial charge in [0.05, 0.1) is 0 Å². The van der Waals surface area contributed by atoms with Crippen molar-refractivity contribution < 1.29 is 5.21 Å². The highest BCUT2D eigenvalue weighted by Crippen LogP contribution is 2.22. The number of hydrogen-bond acceptors (Lipinski definition) is 4. The van der Waals surface area contributed by atoms with Crippen LogP contribution in [-0.4, -0.2) is 35.1 Å². The fourth-order valence-corrected chi connectivity index (χ4v) is 2.82. The van der Waals surface area contributed by atoms with Gasteiger partial charge in [0.25, 0.3) is 0 Å². The number of nitrogens with two attached hydrogens (primary N) is 1. The summed E-state index contributed by atoms with van der Waals surface area (Å²) in [5.41, 5.74) is 5.41. The average Bonchev–Trinajstić information content (AvgIpc) is 2.67. The van der Waals surface area contributed by atoms with Gasteiger partial charge in [-0.25, -0.2) is 0 Å². The molecule has 1 aliphatic rings. The molecule has 1 heterocycles. The molecule has 2 unspecified atom stereocenters. The molecule has 2 atom stereocenters. The van der Waals surface area contributed by atoms with Gasteiger partial charge in [-0.2, -0.15) is 11.8 Å². The topological polar surface area (TPSA) is 70.6 Å². The van der Waals surface area contributed by atoms with Gasteiger partial charge in [-0.3, -0.25) is 0 Å².